The van der Waals surface area contributed by atoms with Crippen LogP contribution in [0.5, 0.6) is 0 Å². The molecule has 0 unspecified atom stereocenters. The number of ether oxygens (including phenoxy) is 1. The summed E-state index contributed by atoms with van der Waals surface area (Å²) in [7, 11) is 0. The number of hydrogen-bond acceptors (Lipinski definition) is 5. The zero-order valence-corrected chi connectivity index (χ0v) is 15.9. The summed E-state index contributed by atoms with van der Waals surface area (Å²) < 4.78 is 6.43. The predicted molar refractivity (Wildman–Crippen MR) is 104 cm³/mol. The van der Waals surface area contributed by atoms with E-state index in [4.69, 9.17) is 4.74 Å². The number of ketones is 1. The molecule has 1 aromatic heterocycles. The lowest BCUT2D eigenvalue weighted by Gasteiger charge is -2.13. The molecule has 0 saturated heterocycles. The summed E-state index contributed by atoms with van der Waals surface area (Å²) in [6.07, 6.45) is -0.0624. The average molecular weight is 367 g/mol. The van der Waals surface area contributed by atoms with Gasteiger partial charge in [-0.05, 0) is 50.1 Å². The Balaban J connectivity index is 1.56. The fourth-order valence-electron chi connectivity index (χ4n) is 2.67. The number of rotatable bonds is 6. The molecule has 0 fully saturated rings. The van der Waals surface area contributed by atoms with E-state index in [0.717, 1.165) is 26.4 Å². The van der Waals surface area contributed by atoms with E-state index in [-0.39, 0.29) is 18.2 Å². The third-order valence-electron chi connectivity index (χ3n) is 4.35. The first-order chi connectivity index (χ1) is 12.4. The monoisotopic (exact) mass is 367 g/mol. The summed E-state index contributed by atoms with van der Waals surface area (Å²) >= 11 is 1.58. The number of hydrogen-bond donors (Lipinski definition) is 0. The van der Waals surface area contributed by atoms with Crippen molar-refractivity contribution in [3.8, 4) is 0 Å². The maximum Gasteiger partial charge on any atom is 0.306 e. The smallest absolute Gasteiger partial charge is 0.306 e. The number of nitrogens with zero attached hydrogens (tertiary/aromatic N) is 1. The van der Waals surface area contributed by atoms with Gasteiger partial charge in [-0.3, -0.25) is 9.59 Å². The minimum absolute atomic E-state index is 0.179. The summed E-state index contributed by atoms with van der Waals surface area (Å²) in [5, 5.41) is 0.899. The first-order valence-corrected chi connectivity index (χ1v) is 9.41. The molecule has 3 aromatic rings. The molecule has 0 spiro atoms. The van der Waals surface area contributed by atoms with Crippen molar-refractivity contribution in [2.45, 2.75) is 39.7 Å². The van der Waals surface area contributed by atoms with E-state index in [1.807, 2.05) is 50.2 Å². The number of Topliss-reactive ketones (excluding diaryl/α,β-unsaturated/α-hetero) is 1. The highest BCUT2D eigenvalue weighted by Crippen LogP contribution is 2.22. The largest absolute Gasteiger partial charge is 0.454 e. The van der Waals surface area contributed by atoms with Gasteiger partial charge < -0.3 is 4.74 Å². The second-order valence-electron chi connectivity index (χ2n) is 6.37. The predicted octanol–water partition coefficient (Wildman–Crippen LogP) is 4.66. The van der Waals surface area contributed by atoms with Crippen LogP contribution in [-0.2, 0) is 16.0 Å². The molecule has 4 nitrogen and oxygen atoms in total. The van der Waals surface area contributed by atoms with Crippen molar-refractivity contribution in [2.75, 3.05) is 0 Å². The number of aryl methyl sites for hydroxylation is 3. The van der Waals surface area contributed by atoms with Gasteiger partial charge in [0.15, 0.2) is 6.10 Å². The summed E-state index contributed by atoms with van der Waals surface area (Å²) in [6.45, 7) is 5.57. The Labute approximate surface area is 156 Å². The third kappa shape index (κ3) is 4.17. The number of carbonyl (C=O) groups excluding carboxylic acids is 2. The lowest BCUT2D eigenvalue weighted by molar-refractivity contribution is -0.146. The molecule has 3 rings (SSSR count). The highest BCUT2D eigenvalue weighted by Gasteiger charge is 2.20. The average Bonchev–Trinajstić information content (AvgIpc) is 3.04. The molecule has 0 amide bonds. The van der Waals surface area contributed by atoms with Crippen LogP contribution < -0.4 is 0 Å². The Morgan fingerprint density at radius 1 is 1.12 bits per heavy atom. The zero-order chi connectivity index (χ0) is 18.7. The minimum atomic E-state index is -0.792. The van der Waals surface area contributed by atoms with Crippen LogP contribution >= 0.6 is 11.3 Å². The first-order valence-electron chi connectivity index (χ1n) is 8.59. The van der Waals surface area contributed by atoms with Crippen molar-refractivity contribution in [2.24, 2.45) is 0 Å². The maximum absolute atomic E-state index is 12.4. The van der Waals surface area contributed by atoms with Gasteiger partial charge >= 0.3 is 5.97 Å². The number of benzene rings is 2. The van der Waals surface area contributed by atoms with Gasteiger partial charge in [0.05, 0.1) is 21.6 Å². The van der Waals surface area contributed by atoms with Crippen LogP contribution in [0.15, 0.2) is 42.5 Å². The summed E-state index contributed by atoms with van der Waals surface area (Å²) in [5.41, 5.74) is 3.69. The quantitative estimate of drug-likeness (QED) is 0.470. The van der Waals surface area contributed by atoms with Gasteiger partial charge in [0.1, 0.15) is 0 Å². The normalized spacial score (nSPS) is 12.1. The van der Waals surface area contributed by atoms with Crippen LogP contribution in [0.25, 0.3) is 10.2 Å². The lowest BCUT2D eigenvalue weighted by Crippen LogP contribution is -2.24. The fraction of sp³-hybridized carbons (Fsp3) is 0.286. The number of para-hydroxylation sites is 1. The van der Waals surface area contributed by atoms with Crippen molar-refractivity contribution < 1.29 is 14.3 Å². The molecule has 134 valence electrons. The molecule has 0 aliphatic heterocycles. The van der Waals surface area contributed by atoms with Crippen molar-refractivity contribution in [3.63, 3.8) is 0 Å². The fourth-order valence-corrected chi connectivity index (χ4v) is 3.64. The van der Waals surface area contributed by atoms with E-state index < -0.39 is 6.10 Å². The molecule has 2 aromatic carbocycles. The van der Waals surface area contributed by atoms with E-state index in [9.17, 15) is 9.59 Å². The summed E-state index contributed by atoms with van der Waals surface area (Å²) in [5.74, 6) is -0.560. The Kier molecular flexibility index (Phi) is 5.47. The van der Waals surface area contributed by atoms with Gasteiger partial charge in [0.25, 0.3) is 0 Å². The molecule has 26 heavy (non-hydrogen) atoms. The SMILES string of the molecule is Cc1ccc(C(=O)[C@@H](C)OC(=O)CCc2nc3ccccc3s2)cc1C. The van der Waals surface area contributed by atoms with Gasteiger partial charge in [-0.1, -0.05) is 24.3 Å². The van der Waals surface area contributed by atoms with Gasteiger partial charge in [0, 0.05) is 12.0 Å². The maximum atomic E-state index is 12.4. The number of fused-ring (bicyclic) bond motifs is 1. The van der Waals surface area contributed by atoms with Crippen molar-refractivity contribution in [1.29, 1.82) is 0 Å². The number of carbonyl (C=O) groups is 2. The van der Waals surface area contributed by atoms with E-state index in [0.29, 0.717) is 12.0 Å². The van der Waals surface area contributed by atoms with Crippen LogP contribution in [0.1, 0.15) is 39.8 Å². The van der Waals surface area contributed by atoms with Gasteiger partial charge in [-0.25, -0.2) is 4.98 Å². The Hall–Kier alpha value is -2.53. The third-order valence-corrected chi connectivity index (χ3v) is 5.45. The molecule has 0 N–H and O–H groups in total. The summed E-state index contributed by atoms with van der Waals surface area (Å²) in [6, 6.07) is 13.4. The zero-order valence-electron chi connectivity index (χ0n) is 15.1. The van der Waals surface area contributed by atoms with Crippen LogP contribution in [0.3, 0.4) is 0 Å². The van der Waals surface area contributed by atoms with E-state index >= 15 is 0 Å². The molecule has 5 heteroatoms. The molecule has 0 bridgehead atoms. The van der Waals surface area contributed by atoms with Crippen LogP contribution in [0, 0.1) is 13.8 Å². The highest BCUT2D eigenvalue weighted by molar-refractivity contribution is 7.18. The molecule has 1 heterocycles. The Morgan fingerprint density at radius 3 is 2.62 bits per heavy atom. The van der Waals surface area contributed by atoms with Gasteiger partial charge in [0.2, 0.25) is 5.78 Å². The van der Waals surface area contributed by atoms with Crippen LogP contribution in [0.2, 0.25) is 0 Å². The first kappa shape index (κ1) is 18.3. The second kappa shape index (κ2) is 7.79. The number of esters is 1. The Bertz CT molecular complexity index is 928. The van der Waals surface area contributed by atoms with Crippen molar-refractivity contribution in [3.05, 3.63) is 64.2 Å². The highest BCUT2D eigenvalue weighted by atomic mass is 32.1. The van der Waals surface area contributed by atoms with Crippen molar-refractivity contribution >= 4 is 33.3 Å². The molecular formula is C21H21NO3S. The second-order valence-corrected chi connectivity index (χ2v) is 7.49. The summed E-state index contributed by atoms with van der Waals surface area (Å²) in [4.78, 5) is 29.1. The number of aromatic nitrogens is 1. The number of thiazole rings is 1. The van der Waals surface area contributed by atoms with Crippen LogP contribution in [-0.4, -0.2) is 22.8 Å². The van der Waals surface area contributed by atoms with Crippen molar-refractivity contribution in [1.82, 2.24) is 4.98 Å². The Morgan fingerprint density at radius 2 is 1.88 bits per heavy atom. The molecule has 1 atom stereocenters. The van der Waals surface area contributed by atoms with E-state index in [1.54, 1.807) is 24.3 Å². The van der Waals surface area contributed by atoms with E-state index in [2.05, 4.69) is 4.98 Å². The molecular weight excluding hydrogens is 346 g/mol. The topological polar surface area (TPSA) is 56.3 Å². The minimum Gasteiger partial charge on any atom is -0.454 e. The molecule has 0 aliphatic carbocycles. The van der Waals surface area contributed by atoms with Crippen LogP contribution in [0.4, 0.5) is 0 Å². The molecule has 0 saturated carbocycles. The molecule has 0 aliphatic rings. The van der Waals surface area contributed by atoms with Gasteiger partial charge in [-0.2, -0.15) is 0 Å². The van der Waals surface area contributed by atoms with Gasteiger partial charge in [-0.15, -0.1) is 11.3 Å². The standard InChI is InChI=1S/C21H21NO3S/c1-13-8-9-16(12-14(13)2)21(24)15(3)25-20(23)11-10-19-22-17-6-4-5-7-18(17)26-19/h4-9,12,15H,10-11H2,1-3H3/t15-/m1/s1. The van der Waals surface area contributed by atoms with E-state index in [1.165, 1.54) is 0 Å². The lowest BCUT2D eigenvalue weighted by atomic mass is 10.0. The molecule has 0 radical (unpaired) electrons.